The third-order valence-corrected chi connectivity index (χ3v) is 8.26. The van der Waals surface area contributed by atoms with Gasteiger partial charge in [-0.2, -0.15) is 0 Å². The van der Waals surface area contributed by atoms with Gasteiger partial charge in [0.15, 0.2) is 0 Å². The molecule has 0 bridgehead atoms. The number of anilines is 2. The Hall–Kier alpha value is -4.03. The quantitative estimate of drug-likeness (QED) is 0.247. The van der Waals surface area contributed by atoms with Crippen LogP contribution in [-0.2, 0) is 4.79 Å². The summed E-state index contributed by atoms with van der Waals surface area (Å²) < 4.78 is 17.2. The van der Waals surface area contributed by atoms with Gasteiger partial charge in [0.1, 0.15) is 17.4 Å². The number of nitrogens with one attached hydrogen (secondary N) is 3. The molecule has 2 heterocycles. The number of hydrogen-bond donors (Lipinski definition) is 3. The number of fused-ring (bicyclic) bond motifs is 1. The summed E-state index contributed by atoms with van der Waals surface area (Å²) in [6, 6.07) is 5.58. The average Bonchev–Trinajstić information content (AvgIpc) is 3.82. The summed E-state index contributed by atoms with van der Waals surface area (Å²) in [5.74, 6) is -2.21. The summed E-state index contributed by atoms with van der Waals surface area (Å²) >= 11 is 6.15. The van der Waals surface area contributed by atoms with Crippen molar-refractivity contribution < 1.29 is 18.9 Å². The van der Waals surface area contributed by atoms with E-state index in [1.165, 1.54) is 24.4 Å². The fraction of sp³-hybridized carbons (Fsp3) is 0.414. The van der Waals surface area contributed by atoms with Crippen LogP contribution in [0, 0.1) is 21.8 Å². The van der Waals surface area contributed by atoms with Gasteiger partial charge in [-0.05, 0) is 37.0 Å². The van der Waals surface area contributed by atoms with Crippen LogP contribution in [0.1, 0.15) is 49.5 Å². The van der Waals surface area contributed by atoms with Crippen molar-refractivity contribution in [3.05, 3.63) is 73.3 Å². The van der Waals surface area contributed by atoms with Crippen molar-refractivity contribution in [3.63, 3.8) is 0 Å². The number of carbonyl (C=O) groups excluding carboxylic acids is 2. The number of carbonyl (C=O) groups is 2. The highest BCUT2D eigenvalue weighted by Gasteiger charge is 2.31. The van der Waals surface area contributed by atoms with Crippen LogP contribution >= 0.6 is 11.6 Å². The number of amides is 2. The molecule has 5 rings (SSSR count). The monoisotopic (exact) mass is 598 g/mol. The smallest absolute Gasteiger partial charge is 0.271 e. The van der Waals surface area contributed by atoms with E-state index in [0.29, 0.717) is 30.7 Å². The number of nitro groups is 1. The molecule has 1 aromatic heterocycles. The Morgan fingerprint density at radius 3 is 2.55 bits per heavy atom. The molecule has 1 aliphatic heterocycles. The number of pyridine rings is 1. The predicted octanol–water partition coefficient (Wildman–Crippen LogP) is 4.23. The van der Waals surface area contributed by atoms with Gasteiger partial charge in [0.25, 0.3) is 11.6 Å². The summed E-state index contributed by atoms with van der Waals surface area (Å²) in [7, 11) is 0. The van der Waals surface area contributed by atoms with E-state index < -0.39 is 34.0 Å². The van der Waals surface area contributed by atoms with Gasteiger partial charge < -0.3 is 25.4 Å². The highest BCUT2D eigenvalue weighted by molar-refractivity contribution is 6.34. The summed E-state index contributed by atoms with van der Waals surface area (Å²) in [5, 5.41) is 19.7. The molecule has 42 heavy (non-hydrogen) atoms. The SMILES string of the molecule is CC[C@H](C)[C@H](NC(=O)c1cn(C2CC2)c2cc(N3CCNCC3)c(F)cc2c1=O)C(=O)Nc1ccc([N+](=O)[O-])cc1Cl. The van der Waals surface area contributed by atoms with Crippen LogP contribution in [0.5, 0.6) is 0 Å². The molecular weight excluding hydrogens is 567 g/mol. The van der Waals surface area contributed by atoms with E-state index in [4.69, 9.17) is 11.6 Å². The van der Waals surface area contributed by atoms with Gasteiger partial charge in [0.2, 0.25) is 11.3 Å². The molecule has 2 aromatic carbocycles. The first-order valence-electron chi connectivity index (χ1n) is 14.0. The normalized spacial score (nSPS) is 16.6. The Bertz CT molecular complexity index is 1620. The largest absolute Gasteiger partial charge is 0.367 e. The zero-order valence-corrected chi connectivity index (χ0v) is 24.0. The Kier molecular flexibility index (Phi) is 8.46. The lowest BCUT2D eigenvalue weighted by molar-refractivity contribution is -0.384. The van der Waals surface area contributed by atoms with E-state index in [2.05, 4.69) is 16.0 Å². The van der Waals surface area contributed by atoms with Crippen LogP contribution in [0.4, 0.5) is 21.5 Å². The first-order chi connectivity index (χ1) is 20.1. The fourth-order valence-electron chi connectivity index (χ4n) is 5.17. The molecular formula is C29H32ClFN6O5. The molecule has 2 fully saturated rings. The van der Waals surface area contributed by atoms with Crippen LogP contribution in [0.25, 0.3) is 10.9 Å². The van der Waals surface area contributed by atoms with E-state index in [0.717, 1.165) is 32.0 Å². The number of aromatic nitrogens is 1. The number of hydrogen-bond acceptors (Lipinski definition) is 7. The minimum Gasteiger partial charge on any atom is -0.367 e. The summed E-state index contributed by atoms with van der Waals surface area (Å²) in [6.07, 6.45) is 3.77. The van der Waals surface area contributed by atoms with Crippen LogP contribution in [0.3, 0.4) is 0 Å². The molecule has 0 unspecified atom stereocenters. The molecule has 1 saturated carbocycles. The molecule has 1 saturated heterocycles. The standard InChI is InChI=1S/C29H32ClFN6O5/c1-3-16(2)26(29(40)33-23-7-6-18(37(41)42)12-21(23)30)34-28(39)20-15-36(17-4-5-17)24-14-25(35-10-8-32-9-11-35)22(31)13-19(24)27(20)38/h6-7,12-17,26,32H,3-5,8-11H2,1-2H3,(H,33,40)(H,34,39)/t16-,26-/m0/s1. The van der Waals surface area contributed by atoms with Gasteiger partial charge in [-0.3, -0.25) is 24.5 Å². The second-order valence-electron chi connectivity index (χ2n) is 10.8. The molecule has 1 aliphatic carbocycles. The van der Waals surface area contributed by atoms with Crippen molar-refractivity contribution in [1.29, 1.82) is 0 Å². The maximum absolute atomic E-state index is 15.3. The molecule has 222 valence electrons. The van der Waals surface area contributed by atoms with Crippen molar-refractivity contribution in [2.24, 2.45) is 5.92 Å². The first kappa shape index (κ1) is 29.5. The molecule has 2 aliphatic rings. The molecule has 2 atom stereocenters. The van der Waals surface area contributed by atoms with Gasteiger partial charge in [0, 0.05) is 55.9 Å². The van der Waals surface area contributed by atoms with E-state index in [-0.39, 0.29) is 39.3 Å². The Morgan fingerprint density at radius 2 is 1.93 bits per heavy atom. The van der Waals surface area contributed by atoms with E-state index in [1.54, 1.807) is 13.0 Å². The number of nitro benzene ring substituents is 1. The number of rotatable bonds is 9. The lowest BCUT2D eigenvalue weighted by Gasteiger charge is -2.30. The highest BCUT2D eigenvalue weighted by atomic mass is 35.5. The molecule has 2 amide bonds. The van der Waals surface area contributed by atoms with Crippen LogP contribution in [-0.4, -0.2) is 53.5 Å². The molecule has 0 radical (unpaired) electrons. The molecule has 0 spiro atoms. The van der Waals surface area contributed by atoms with Gasteiger partial charge in [-0.25, -0.2) is 4.39 Å². The number of nitrogens with zero attached hydrogens (tertiary/aromatic N) is 3. The van der Waals surface area contributed by atoms with Gasteiger partial charge in [0.05, 0.1) is 26.8 Å². The molecule has 3 N–H and O–H groups in total. The predicted molar refractivity (Wildman–Crippen MR) is 159 cm³/mol. The van der Waals surface area contributed by atoms with E-state index in [9.17, 15) is 24.5 Å². The average molecular weight is 599 g/mol. The molecule has 3 aromatic rings. The van der Waals surface area contributed by atoms with Crippen molar-refractivity contribution in [2.75, 3.05) is 36.4 Å². The van der Waals surface area contributed by atoms with Gasteiger partial charge >= 0.3 is 0 Å². The second-order valence-corrected chi connectivity index (χ2v) is 11.2. The van der Waals surface area contributed by atoms with Crippen LogP contribution in [0.15, 0.2) is 41.3 Å². The lowest BCUT2D eigenvalue weighted by Crippen LogP contribution is -2.48. The number of piperazine rings is 1. The highest BCUT2D eigenvalue weighted by Crippen LogP contribution is 2.38. The maximum Gasteiger partial charge on any atom is 0.271 e. The Labute approximate surface area is 246 Å². The minimum absolute atomic E-state index is 0.0316. The first-order valence-corrected chi connectivity index (χ1v) is 14.4. The van der Waals surface area contributed by atoms with Crippen molar-refractivity contribution in [1.82, 2.24) is 15.2 Å². The minimum atomic E-state index is -1.05. The third-order valence-electron chi connectivity index (χ3n) is 7.95. The summed E-state index contributed by atoms with van der Waals surface area (Å²) in [4.78, 5) is 52.8. The second kappa shape index (κ2) is 12.1. The van der Waals surface area contributed by atoms with Crippen LogP contribution < -0.4 is 26.3 Å². The molecule has 11 nitrogen and oxygen atoms in total. The van der Waals surface area contributed by atoms with Crippen LogP contribution in [0.2, 0.25) is 5.02 Å². The topological polar surface area (TPSA) is 139 Å². The van der Waals surface area contributed by atoms with Gasteiger partial charge in [-0.1, -0.05) is 31.9 Å². The van der Waals surface area contributed by atoms with Crippen molar-refractivity contribution in [2.45, 2.75) is 45.2 Å². The maximum atomic E-state index is 15.3. The zero-order chi connectivity index (χ0) is 30.1. The third kappa shape index (κ3) is 5.95. The van der Waals surface area contributed by atoms with Crippen molar-refractivity contribution >= 4 is 51.4 Å². The Morgan fingerprint density at radius 1 is 1.21 bits per heavy atom. The van der Waals surface area contributed by atoms with Crippen molar-refractivity contribution in [3.8, 4) is 0 Å². The Balaban J connectivity index is 1.46. The number of halogens is 2. The number of benzene rings is 2. The zero-order valence-electron chi connectivity index (χ0n) is 23.3. The van der Waals surface area contributed by atoms with E-state index in [1.807, 2.05) is 16.4 Å². The van der Waals surface area contributed by atoms with E-state index >= 15 is 4.39 Å². The fourth-order valence-corrected chi connectivity index (χ4v) is 5.40. The molecule has 13 heteroatoms. The lowest BCUT2D eigenvalue weighted by atomic mass is 9.97. The summed E-state index contributed by atoms with van der Waals surface area (Å²) in [5.41, 5.74) is 0.105. The number of non-ortho nitro benzene ring substituents is 1. The van der Waals surface area contributed by atoms with Gasteiger partial charge in [-0.15, -0.1) is 0 Å². The summed E-state index contributed by atoms with van der Waals surface area (Å²) in [6.45, 7) is 6.37.